The van der Waals surface area contributed by atoms with Crippen LogP contribution in [0.4, 0.5) is 4.79 Å². The lowest BCUT2D eigenvalue weighted by atomic mass is 10.0. The zero-order valence-electron chi connectivity index (χ0n) is 14.2. The number of ether oxygens (including phenoxy) is 1. The van der Waals surface area contributed by atoms with Crippen LogP contribution in [-0.4, -0.2) is 35.5 Å². The molecule has 130 valence electrons. The molecule has 2 N–H and O–H groups in total. The molecule has 1 fully saturated rings. The molecule has 0 unspecified atom stereocenters. The molecule has 0 spiro atoms. The lowest BCUT2D eigenvalue weighted by Gasteiger charge is -2.35. The minimum atomic E-state index is -0.396. The monoisotopic (exact) mass is 333 g/mol. The second-order valence-electron chi connectivity index (χ2n) is 5.83. The van der Waals surface area contributed by atoms with Gasteiger partial charge in [-0.25, -0.2) is 4.79 Å². The molecule has 1 aromatic rings. The number of nitrogens with zero attached hydrogens (tertiary/aromatic N) is 1. The number of hydrazine groups is 1. The number of cyclic esters (lactones) is 1. The molecule has 0 radical (unpaired) electrons. The number of carbonyl (C=O) groups is 3. The third-order valence-corrected chi connectivity index (χ3v) is 4.12. The Morgan fingerprint density at radius 1 is 1.29 bits per heavy atom. The van der Waals surface area contributed by atoms with Crippen molar-refractivity contribution < 1.29 is 19.1 Å². The van der Waals surface area contributed by atoms with Gasteiger partial charge in [0.25, 0.3) is 5.91 Å². The molecule has 0 bridgehead atoms. The molecule has 1 aliphatic heterocycles. The molecule has 2 rings (SSSR count). The highest BCUT2D eigenvalue weighted by Crippen LogP contribution is 2.26. The minimum Gasteiger partial charge on any atom is -0.446 e. The van der Waals surface area contributed by atoms with Crippen LogP contribution in [0.25, 0.3) is 0 Å². The van der Waals surface area contributed by atoms with Crippen molar-refractivity contribution in [2.75, 3.05) is 6.54 Å². The Bertz CT molecular complexity index is 615. The zero-order chi connectivity index (χ0) is 17.7. The van der Waals surface area contributed by atoms with E-state index in [1.165, 1.54) is 6.92 Å². The summed E-state index contributed by atoms with van der Waals surface area (Å²) in [6.07, 6.45) is 1.35. The second-order valence-corrected chi connectivity index (χ2v) is 5.83. The Morgan fingerprint density at radius 2 is 1.96 bits per heavy atom. The highest BCUT2D eigenvalue weighted by Gasteiger charge is 2.30. The Labute approximate surface area is 141 Å². The Kier molecular flexibility index (Phi) is 5.78. The topological polar surface area (TPSA) is 87.7 Å². The number of rotatable bonds is 4. The van der Waals surface area contributed by atoms with Crippen molar-refractivity contribution in [1.29, 1.82) is 0 Å². The Morgan fingerprint density at radius 3 is 2.50 bits per heavy atom. The second kappa shape index (κ2) is 7.81. The van der Waals surface area contributed by atoms with Crippen molar-refractivity contribution in [2.24, 2.45) is 0 Å². The van der Waals surface area contributed by atoms with Crippen LogP contribution in [-0.2, 0) is 9.53 Å². The average molecular weight is 333 g/mol. The molecule has 1 aliphatic rings. The molecular weight excluding hydrogens is 310 g/mol. The van der Waals surface area contributed by atoms with Gasteiger partial charge in [-0.2, -0.15) is 0 Å². The van der Waals surface area contributed by atoms with Crippen LogP contribution in [0.1, 0.15) is 55.6 Å². The van der Waals surface area contributed by atoms with Gasteiger partial charge in [-0.05, 0) is 31.0 Å². The first-order valence-corrected chi connectivity index (χ1v) is 8.06. The van der Waals surface area contributed by atoms with E-state index in [0.29, 0.717) is 12.1 Å². The highest BCUT2D eigenvalue weighted by atomic mass is 16.6. The molecule has 0 aliphatic carbocycles. The van der Waals surface area contributed by atoms with Crippen molar-refractivity contribution in [3.8, 4) is 0 Å². The number of benzene rings is 1. The fourth-order valence-electron chi connectivity index (χ4n) is 2.59. The SMILES string of the molecule is CC[C@@H]1CCN([C@@H](C)c2ccc(C(=O)NNC(C)=O)cc2)C(=O)O1. The van der Waals surface area contributed by atoms with Gasteiger partial charge in [-0.3, -0.25) is 20.4 Å². The third kappa shape index (κ3) is 4.24. The molecule has 1 heterocycles. The number of amides is 3. The summed E-state index contributed by atoms with van der Waals surface area (Å²) < 4.78 is 5.39. The predicted octanol–water partition coefficient (Wildman–Crippen LogP) is 2.15. The largest absolute Gasteiger partial charge is 0.446 e. The van der Waals surface area contributed by atoms with Crippen LogP contribution in [0.2, 0.25) is 0 Å². The summed E-state index contributed by atoms with van der Waals surface area (Å²) >= 11 is 0. The maximum atomic E-state index is 12.1. The van der Waals surface area contributed by atoms with E-state index in [1.807, 2.05) is 13.8 Å². The van der Waals surface area contributed by atoms with Crippen LogP contribution < -0.4 is 10.9 Å². The first-order chi connectivity index (χ1) is 11.4. The quantitative estimate of drug-likeness (QED) is 0.827. The van der Waals surface area contributed by atoms with Gasteiger partial charge in [0.2, 0.25) is 5.91 Å². The van der Waals surface area contributed by atoms with E-state index in [2.05, 4.69) is 10.9 Å². The Hall–Kier alpha value is -2.57. The van der Waals surface area contributed by atoms with E-state index in [1.54, 1.807) is 29.2 Å². The van der Waals surface area contributed by atoms with Gasteiger partial charge >= 0.3 is 6.09 Å². The van der Waals surface area contributed by atoms with E-state index in [0.717, 1.165) is 18.4 Å². The number of carbonyl (C=O) groups excluding carboxylic acids is 3. The zero-order valence-corrected chi connectivity index (χ0v) is 14.2. The van der Waals surface area contributed by atoms with Gasteiger partial charge in [0.15, 0.2) is 0 Å². The van der Waals surface area contributed by atoms with Gasteiger partial charge in [0.05, 0.1) is 6.04 Å². The molecule has 7 heteroatoms. The standard InChI is InChI=1S/C17H23N3O4/c1-4-15-9-10-20(17(23)24-15)11(2)13-5-7-14(8-6-13)16(22)19-18-12(3)21/h5-8,11,15H,4,9-10H2,1-3H3,(H,18,21)(H,19,22)/t11-,15+/m0/s1. The number of hydrogen-bond donors (Lipinski definition) is 2. The van der Waals surface area contributed by atoms with E-state index >= 15 is 0 Å². The first-order valence-electron chi connectivity index (χ1n) is 8.06. The van der Waals surface area contributed by atoms with E-state index < -0.39 is 5.91 Å². The fraction of sp³-hybridized carbons (Fsp3) is 0.471. The first kappa shape index (κ1) is 17.8. The summed E-state index contributed by atoms with van der Waals surface area (Å²) in [6.45, 7) is 5.90. The maximum Gasteiger partial charge on any atom is 0.410 e. The van der Waals surface area contributed by atoms with Gasteiger partial charge in [0.1, 0.15) is 6.10 Å². The number of nitrogens with one attached hydrogen (secondary N) is 2. The Balaban J connectivity index is 2.01. The predicted molar refractivity (Wildman–Crippen MR) is 88.0 cm³/mol. The molecule has 3 amide bonds. The third-order valence-electron chi connectivity index (χ3n) is 4.12. The van der Waals surface area contributed by atoms with Crippen molar-refractivity contribution in [3.05, 3.63) is 35.4 Å². The van der Waals surface area contributed by atoms with Crippen LogP contribution >= 0.6 is 0 Å². The molecule has 24 heavy (non-hydrogen) atoms. The van der Waals surface area contributed by atoms with Crippen LogP contribution in [0.15, 0.2) is 24.3 Å². The lowest BCUT2D eigenvalue weighted by Crippen LogP contribution is -2.43. The normalized spacial score (nSPS) is 18.5. The van der Waals surface area contributed by atoms with Gasteiger partial charge in [0, 0.05) is 25.5 Å². The summed E-state index contributed by atoms with van der Waals surface area (Å²) in [7, 11) is 0. The summed E-state index contributed by atoms with van der Waals surface area (Å²) in [5.41, 5.74) is 5.88. The van der Waals surface area contributed by atoms with Gasteiger partial charge in [-0.15, -0.1) is 0 Å². The van der Waals surface area contributed by atoms with Crippen molar-refractivity contribution in [1.82, 2.24) is 15.8 Å². The molecule has 7 nitrogen and oxygen atoms in total. The molecule has 1 saturated heterocycles. The fourth-order valence-corrected chi connectivity index (χ4v) is 2.59. The van der Waals surface area contributed by atoms with E-state index in [-0.39, 0.29) is 24.1 Å². The summed E-state index contributed by atoms with van der Waals surface area (Å²) in [5, 5.41) is 0. The minimum absolute atomic E-state index is 0.000739. The molecule has 1 aromatic carbocycles. The molecule has 0 saturated carbocycles. The van der Waals surface area contributed by atoms with Crippen molar-refractivity contribution in [2.45, 2.75) is 45.8 Å². The number of hydrogen-bond acceptors (Lipinski definition) is 4. The van der Waals surface area contributed by atoms with Crippen molar-refractivity contribution >= 4 is 17.9 Å². The smallest absolute Gasteiger partial charge is 0.410 e. The summed E-state index contributed by atoms with van der Waals surface area (Å²) in [5.74, 6) is -0.741. The van der Waals surface area contributed by atoms with E-state index in [4.69, 9.17) is 4.74 Å². The van der Waals surface area contributed by atoms with Gasteiger partial charge < -0.3 is 9.64 Å². The van der Waals surface area contributed by atoms with Crippen LogP contribution in [0, 0.1) is 0 Å². The van der Waals surface area contributed by atoms with Crippen LogP contribution in [0.3, 0.4) is 0 Å². The van der Waals surface area contributed by atoms with E-state index in [9.17, 15) is 14.4 Å². The average Bonchev–Trinajstić information content (AvgIpc) is 2.59. The highest BCUT2D eigenvalue weighted by molar-refractivity contribution is 5.95. The molecular formula is C17H23N3O4. The molecule has 2 atom stereocenters. The summed E-state index contributed by atoms with van der Waals surface area (Å²) in [6, 6.07) is 6.78. The molecule has 0 aromatic heterocycles. The van der Waals surface area contributed by atoms with Gasteiger partial charge in [-0.1, -0.05) is 19.1 Å². The lowest BCUT2D eigenvalue weighted by molar-refractivity contribution is -0.119. The van der Waals surface area contributed by atoms with Crippen molar-refractivity contribution in [3.63, 3.8) is 0 Å². The summed E-state index contributed by atoms with van der Waals surface area (Å²) in [4.78, 5) is 36.4. The van der Waals surface area contributed by atoms with Crippen LogP contribution in [0.5, 0.6) is 0 Å². The maximum absolute atomic E-state index is 12.1.